The maximum absolute atomic E-state index is 4.32. The predicted octanol–water partition coefficient (Wildman–Crippen LogP) is 2.91. The fourth-order valence-corrected chi connectivity index (χ4v) is 3.98. The van der Waals surface area contributed by atoms with Crippen molar-refractivity contribution >= 4 is 5.65 Å². The number of nitrogens with zero attached hydrogens (tertiary/aromatic N) is 4. The van der Waals surface area contributed by atoms with Gasteiger partial charge in [0.2, 0.25) is 0 Å². The third-order valence-corrected chi connectivity index (χ3v) is 5.42. The van der Waals surface area contributed by atoms with Crippen LogP contribution in [-0.2, 0) is 13.0 Å². The molecule has 4 rings (SSSR count). The highest BCUT2D eigenvalue weighted by Crippen LogP contribution is 2.30. The molecule has 3 aromatic rings. The zero-order valence-corrected chi connectivity index (χ0v) is 15.6. The molecule has 1 N–H and O–H groups in total. The fourth-order valence-electron chi connectivity index (χ4n) is 3.98. The second-order valence-corrected chi connectivity index (χ2v) is 7.83. The SMILES string of the molecule is CC1(C)C[C@H](NCCc2nnc3ccccn23)CN1Cc1ccccc1. The molecule has 2 aromatic heterocycles. The van der Waals surface area contributed by atoms with Gasteiger partial charge >= 0.3 is 0 Å². The molecule has 1 atom stereocenters. The lowest BCUT2D eigenvalue weighted by atomic mass is 9.99. The van der Waals surface area contributed by atoms with E-state index in [2.05, 4.69) is 69.0 Å². The number of pyridine rings is 1. The van der Waals surface area contributed by atoms with Gasteiger partial charge in [0, 0.05) is 43.8 Å². The van der Waals surface area contributed by atoms with Gasteiger partial charge in [0.1, 0.15) is 5.82 Å². The first-order valence-electron chi connectivity index (χ1n) is 9.43. The van der Waals surface area contributed by atoms with Gasteiger partial charge in [-0.25, -0.2) is 0 Å². The number of fused-ring (bicyclic) bond motifs is 1. The summed E-state index contributed by atoms with van der Waals surface area (Å²) < 4.78 is 2.07. The van der Waals surface area contributed by atoms with Gasteiger partial charge in [-0.15, -0.1) is 10.2 Å². The van der Waals surface area contributed by atoms with Crippen molar-refractivity contribution in [2.24, 2.45) is 0 Å². The van der Waals surface area contributed by atoms with Crippen molar-refractivity contribution in [2.45, 2.75) is 44.8 Å². The molecular weight excluding hydrogens is 322 g/mol. The quantitative estimate of drug-likeness (QED) is 0.743. The second kappa shape index (κ2) is 7.17. The minimum absolute atomic E-state index is 0.217. The van der Waals surface area contributed by atoms with Gasteiger partial charge in [0.05, 0.1) is 0 Å². The zero-order valence-electron chi connectivity index (χ0n) is 15.6. The molecule has 1 saturated heterocycles. The van der Waals surface area contributed by atoms with E-state index >= 15 is 0 Å². The Balaban J connectivity index is 1.33. The first-order chi connectivity index (χ1) is 12.6. The summed E-state index contributed by atoms with van der Waals surface area (Å²) in [5.41, 5.74) is 2.52. The normalized spacial score (nSPS) is 20.0. The number of rotatable bonds is 6. The van der Waals surface area contributed by atoms with E-state index in [0.29, 0.717) is 6.04 Å². The lowest BCUT2D eigenvalue weighted by Gasteiger charge is -2.31. The molecule has 0 bridgehead atoms. The van der Waals surface area contributed by atoms with Crippen LogP contribution in [0.15, 0.2) is 54.7 Å². The molecule has 0 radical (unpaired) electrons. The summed E-state index contributed by atoms with van der Waals surface area (Å²) in [6.45, 7) is 7.73. The van der Waals surface area contributed by atoms with E-state index in [1.807, 2.05) is 24.4 Å². The molecule has 0 amide bonds. The average molecular weight is 349 g/mol. The van der Waals surface area contributed by atoms with Crippen LogP contribution in [0.25, 0.3) is 5.65 Å². The van der Waals surface area contributed by atoms with E-state index in [1.165, 1.54) is 12.0 Å². The molecule has 3 heterocycles. The Kier molecular flexibility index (Phi) is 4.74. The molecule has 1 aromatic carbocycles. The number of likely N-dealkylation sites (tertiary alicyclic amines) is 1. The Bertz CT molecular complexity index is 855. The smallest absolute Gasteiger partial charge is 0.160 e. The maximum Gasteiger partial charge on any atom is 0.160 e. The summed E-state index contributed by atoms with van der Waals surface area (Å²) in [7, 11) is 0. The third kappa shape index (κ3) is 3.64. The van der Waals surface area contributed by atoms with Crippen LogP contribution in [0, 0.1) is 0 Å². The van der Waals surface area contributed by atoms with E-state index in [0.717, 1.165) is 37.5 Å². The van der Waals surface area contributed by atoms with Crippen LogP contribution in [-0.4, -0.2) is 44.2 Å². The van der Waals surface area contributed by atoms with Crippen molar-refractivity contribution in [1.82, 2.24) is 24.8 Å². The van der Waals surface area contributed by atoms with Crippen molar-refractivity contribution in [1.29, 1.82) is 0 Å². The van der Waals surface area contributed by atoms with Crippen molar-refractivity contribution in [3.05, 3.63) is 66.1 Å². The molecule has 0 spiro atoms. The highest BCUT2D eigenvalue weighted by Gasteiger charge is 2.37. The van der Waals surface area contributed by atoms with Crippen molar-refractivity contribution in [2.75, 3.05) is 13.1 Å². The van der Waals surface area contributed by atoms with Gasteiger partial charge in [-0.1, -0.05) is 36.4 Å². The summed E-state index contributed by atoms with van der Waals surface area (Å²) in [6, 6.07) is 17.3. The third-order valence-electron chi connectivity index (χ3n) is 5.42. The average Bonchev–Trinajstić information content (AvgIpc) is 3.17. The van der Waals surface area contributed by atoms with E-state index in [1.54, 1.807) is 0 Å². The standard InChI is InChI=1S/C21H27N5/c1-21(2)14-18(16-25(21)15-17-8-4-3-5-9-17)22-12-11-20-24-23-19-10-6-7-13-26(19)20/h3-10,13,18,22H,11-12,14-16H2,1-2H3/t18-/m0/s1. The fraction of sp³-hybridized carbons (Fsp3) is 0.429. The van der Waals surface area contributed by atoms with Crippen molar-refractivity contribution in [3.8, 4) is 0 Å². The molecule has 1 fully saturated rings. The number of aromatic nitrogens is 3. The summed E-state index contributed by atoms with van der Waals surface area (Å²) in [6.07, 6.45) is 4.09. The molecule has 1 aliphatic heterocycles. The summed E-state index contributed by atoms with van der Waals surface area (Å²) >= 11 is 0. The molecule has 26 heavy (non-hydrogen) atoms. The molecule has 0 unspecified atom stereocenters. The second-order valence-electron chi connectivity index (χ2n) is 7.83. The Morgan fingerprint density at radius 2 is 1.88 bits per heavy atom. The van der Waals surface area contributed by atoms with Gasteiger partial charge in [-0.05, 0) is 38.0 Å². The summed E-state index contributed by atoms with van der Waals surface area (Å²) in [5.74, 6) is 1.02. The summed E-state index contributed by atoms with van der Waals surface area (Å²) in [5, 5.41) is 12.3. The van der Waals surface area contributed by atoms with E-state index in [-0.39, 0.29) is 5.54 Å². The van der Waals surface area contributed by atoms with Gasteiger partial charge in [-0.3, -0.25) is 9.30 Å². The topological polar surface area (TPSA) is 45.5 Å². The number of hydrogen-bond donors (Lipinski definition) is 1. The number of nitrogens with one attached hydrogen (secondary N) is 1. The molecule has 0 aliphatic carbocycles. The molecule has 1 aliphatic rings. The Morgan fingerprint density at radius 1 is 1.08 bits per heavy atom. The molecule has 5 heteroatoms. The molecular formula is C21H27N5. The maximum atomic E-state index is 4.32. The molecule has 0 saturated carbocycles. The molecule has 5 nitrogen and oxygen atoms in total. The van der Waals surface area contributed by atoms with Gasteiger partial charge in [0.25, 0.3) is 0 Å². The van der Waals surface area contributed by atoms with Crippen LogP contribution in [0.2, 0.25) is 0 Å². The number of hydrogen-bond acceptors (Lipinski definition) is 4. The van der Waals surface area contributed by atoms with Crippen LogP contribution in [0.5, 0.6) is 0 Å². The predicted molar refractivity (Wildman–Crippen MR) is 104 cm³/mol. The summed E-state index contributed by atoms with van der Waals surface area (Å²) in [4.78, 5) is 2.59. The van der Waals surface area contributed by atoms with Crippen LogP contribution < -0.4 is 5.32 Å². The minimum atomic E-state index is 0.217. The lowest BCUT2D eigenvalue weighted by Crippen LogP contribution is -2.37. The van der Waals surface area contributed by atoms with Gasteiger partial charge in [-0.2, -0.15) is 0 Å². The monoisotopic (exact) mass is 349 g/mol. The highest BCUT2D eigenvalue weighted by atomic mass is 15.3. The minimum Gasteiger partial charge on any atom is -0.312 e. The Hall–Kier alpha value is -2.24. The van der Waals surface area contributed by atoms with Crippen LogP contribution in [0.1, 0.15) is 31.7 Å². The van der Waals surface area contributed by atoms with Gasteiger partial charge in [0.15, 0.2) is 5.65 Å². The van der Waals surface area contributed by atoms with Crippen LogP contribution in [0.3, 0.4) is 0 Å². The zero-order chi connectivity index (χ0) is 18.0. The Morgan fingerprint density at radius 3 is 2.73 bits per heavy atom. The van der Waals surface area contributed by atoms with E-state index in [9.17, 15) is 0 Å². The first kappa shape index (κ1) is 17.2. The molecule has 136 valence electrons. The Labute approximate surface area is 155 Å². The lowest BCUT2D eigenvalue weighted by molar-refractivity contribution is 0.166. The van der Waals surface area contributed by atoms with Crippen molar-refractivity contribution in [3.63, 3.8) is 0 Å². The highest BCUT2D eigenvalue weighted by molar-refractivity contribution is 5.37. The first-order valence-corrected chi connectivity index (χ1v) is 9.43. The van der Waals surface area contributed by atoms with Crippen LogP contribution in [0.4, 0.5) is 0 Å². The van der Waals surface area contributed by atoms with E-state index < -0.39 is 0 Å². The van der Waals surface area contributed by atoms with Crippen molar-refractivity contribution < 1.29 is 0 Å². The number of benzene rings is 1. The van der Waals surface area contributed by atoms with E-state index in [4.69, 9.17) is 0 Å². The largest absolute Gasteiger partial charge is 0.312 e. The van der Waals surface area contributed by atoms with Crippen LogP contribution >= 0.6 is 0 Å². The van der Waals surface area contributed by atoms with Gasteiger partial charge < -0.3 is 5.32 Å².